The first kappa shape index (κ1) is 14.7. The molecule has 4 heteroatoms. The predicted molar refractivity (Wildman–Crippen MR) is 89.0 cm³/mol. The number of carbonyl (C=O) groups is 1. The van der Waals surface area contributed by atoms with Gasteiger partial charge in [0, 0.05) is 16.0 Å². The van der Waals surface area contributed by atoms with Crippen molar-refractivity contribution in [3.05, 3.63) is 59.7 Å². The molecule has 0 aromatic heterocycles. The van der Waals surface area contributed by atoms with Gasteiger partial charge in [0.15, 0.2) is 0 Å². The van der Waals surface area contributed by atoms with E-state index in [1.165, 1.54) is 4.90 Å². The van der Waals surface area contributed by atoms with Gasteiger partial charge in [-0.2, -0.15) is 0 Å². The first-order valence-corrected chi connectivity index (χ1v) is 8.15. The van der Waals surface area contributed by atoms with Crippen LogP contribution in [0.5, 0.6) is 5.75 Å². The van der Waals surface area contributed by atoms with Crippen molar-refractivity contribution in [1.29, 1.82) is 0 Å². The largest absolute Gasteiger partial charge is 0.496 e. The van der Waals surface area contributed by atoms with Gasteiger partial charge < -0.3 is 9.47 Å². The second-order valence-electron chi connectivity index (χ2n) is 4.86. The Morgan fingerprint density at radius 3 is 2.50 bits per heavy atom. The maximum atomic E-state index is 12.2. The summed E-state index contributed by atoms with van der Waals surface area (Å²) in [5.41, 5.74) is 3.28. The first-order valence-electron chi connectivity index (χ1n) is 6.92. The van der Waals surface area contributed by atoms with Gasteiger partial charge in [-0.05, 0) is 30.0 Å². The smallest absolute Gasteiger partial charge is 0.339 e. The number of methoxy groups -OCH3 is 1. The molecule has 0 radical (unpaired) electrons. The quantitative estimate of drug-likeness (QED) is 0.634. The van der Waals surface area contributed by atoms with Crippen LogP contribution in [0.1, 0.15) is 11.1 Å². The number of cyclic esters (lactones) is 1. The van der Waals surface area contributed by atoms with Gasteiger partial charge in [0.2, 0.25) is 0 Å². The zero-order valence-corrected chi connectivity index (χ0v) is 13.3. The number of carbonyl (C=O) groups excluding carboxylic acids is 1. The summed E-state index contributed by atoms with van der Waals surface area (Å²) >= 11 is 1.69. The molecule has 0 bridgehead atoms. The lowest BCUT2D eigenvalue weighted by Gasteiger charge is -2.09. The Kier molecular flexibility index (Phi) is 4.20. The Morgan fingerprint density at radius 2 is 1.82 bits per heavy atom. The number of benzene rings is 2. The summed E-state index contributed by atoms with van der Waals surface area (Å²) in [5.74, 6) is 0.378. The Balaban J connectivity index is 2.13. The average molecular weight is 312 g/mol. The molecule has 1 heterocycles. The van der Waals surface area contributed by atoms with Crippen molar-refractivity contribution < 1.29 is 14.3 Å². The second kappa shape index (κ2) is 6.28. The maximum absolute atomic E-state index is 12.2. The molecular weight excluding hydrogens is 296 g/mol. The molecule has 0 saturated heterocycles. The molecular formula is C18H16O3S. The van der Waals surface area contributed by atoms with E-state index in [0.29, 0.717) is 17.9 Å². The van der Waals surface area contributed by atoms with Crippen LogP contribution in [0.15, 0.2) is 53.4 Å². The molecule has 0 unspecified atom stereocenters. The minimum Gasteiger partial charge on any atom is -0.496 e. The summed E-state index contributed by atoms with van der Waals surface area (Å²) in [7, 11) is 1.60. The van der Waals surface area contributed by atoms with Crippen molar-refractivity contribution in [2.75, 3.05) is 20.0 Å². The fraction of sp³-hybridized carbons (Fsp3) is 0.167. The molecule has 3 rings (SSSR count). The van der Waals surface area contributed by atoms with Crippen molar-refractivity contribution in [3.8, 4) is 5.75 Å². The van der Waals surface area contributed by atoms with Crippen molar-refractivity contribution in [1.82, 2.24) is 0 Å². The molecule has 0 N–H and O–H groups in total. The van der Waals surface area contributed by atoms with Gasteiger partial charge in [-0.25, -0.2) is 4.79 Å². The van der Waals surface area contributed by atoms with Gasteiger partial charge in [-0.1, -0.05) is 30.3 Å². The molecule has 0 spiro atoms. The number of hydrogen-bond acceptors (Lipinski definition) is 4. The van der Waals surface area contributed by atoms with E-state index in [-0.39, 0.29) is 5.97 Å². The fourth-order valence-electron chi connectivity index (χ4n) is 2.55. The Hall–Kier alpha value is -2.20. The third kappa shape index (κ3) is 2.62. The molecule has 0 atom stereocenters. The van der Waals surface area contributed by atoms with E-state index in [1.807, 2.05) is 42.7 Å². The molecule has 0 saturated carbocycles. The van der Waals surface area contributed by atoms with E-state index in [4.69, 9.17) is 9.47 Å². The molecule has 22 heavy (non-hydrogen) atoms. The van der Waals surface area contributed by atoms with Crippen LogP contribution < -0.4 is 4.74 Å². The second-order valence-corrected chi connectivity index (χ2v) is 5.74. The molecule has 0 aliphatic carbocycles. The van der Waals surface area contributed by atoms with Crippen LogP contribution in [-0.2, 0) is 9.53 Å². The summed E-state index contributed by atoms with van der Waals surface area (Å²) in [4.78, 5) is 13.4. The van der Waals surface area contributed by atoms with Gasteiger partial charge in [-0.15, -0.1) is 11.8 Å². The van der Waals surface area contributed by atoms with Crippen LogP contribution in [0.4, 0.5) is 0 Å². The normalized spacial score (nSPS) is 14.2. The highest BCUT2D eigenvalue weighted by Gasteiger charge is 2.29. The minimum atomic E-state index is -0.298. The van der Waals surface area contributed by atoms with E-state index in [0.717, 1.165) is 16.7 Å². The van der Waals surface area contributed by atoms with Gasteiger partial charge >= 0.3 is 5.97 Å². The van der Waals surface area contributed by atoms with Gasteiger partial charge in [0.05, 0.1) is 12.7 Å². The van der Waals surface area contributed by atoms with Crippen molar-refractivity contribution in [2.24, 2.45) is 0 Å². The Morgan fingerprint density at radius 1 is 1.09 bits per heavy atom. The van der Waals surface area contributed by atoms with Crippen molar-refractivity contribution >= 4 is 28.9 Å². The number of rotatable bonds is 4. The van der Waals surface area contributed by atoms with Gasteiger partial charge in [0.25, 0.3) is 0 Å². The summed E-state index contributed by atoms with van der Waals surface area (Å²) < 4.78 is 10.7. The average Bonchev–Trinajstić information content (AvgIpc) is 2.96. The molecule has 112 valence electrons. The molecule has 1 aliphatic heterocycles. The highest BCUT2D eigenvalue weighted by molar-refractivity contribution is 7.98. The van der Waals surface area contributed by atoms with Crippen LogP contribution in [0.25, 0.3) is 11.1 Å². The minimum absolute atomic E-state index is 0.296. The maximum Gasteiger partial charge on any atom is 0.339 e. The first-order chi connectivity index (χ1) is 10.7. The highest BCUT2D eigenvalue weighted by Crippen LogP contribution is 2.37. The molecule has 3 nitrogen and oxygen atoms in total. The summed E-state index contributed by atoms with van der Waals surface area (Å²) in [6, 6.07) is 15.7. The third-order valence-electron chi connectivity index (χ3n) is 3.67. The molecule has 1 aliphatic rings. The lowest BCUT2D eigenvalue weighted by molar-refractivity contribution is -0.133. The molecule has 0 fully saturated rings. The lowest BCUT2D eigenvalue weighted by Crippen LogP contribution is -2.00. The van der Waals surface area contributed by atoms with Crippen LogP contribution in [0.2, 0.25) is 0 Å². The predicted octanol–water partition coefficient (Wildman–Crippen LogP) is 3.88. The van der Waals surface area contributed by atoms with E-state index >= 15 is 0 Å². The van der Waals surface area contributed by atoms with Crippen LogP contribution in [-0.4, -0.2) is 25.9 Å². The molecule has 0 amide bonds. The highest BCUT2D eigenvalue weighted by atomic mass is 32.2. The van der Waals surface area contributed by atoms with Crippen molar-refractivity contribution in [2.45, 2.75) is 4.90 Å². The van der Waals surface area contributed by atoms with Crippen LogP contribution in [0.3, 0.4) is 0 Å². The van der Waals surface area contributed by atoms with E-state index in [2.05, 4.69) is 12.1 Å². The summed E-state index contributed by atoms with van der Waals surface area (Å²) in [6.45, 7) is 0.296. The number of ether oxygens (including phenoxy) is 2. The van der Waals surface area contributed by atoms with E-state index < -0.39 is 0 Å². The number of para-hydroxylation sites is 1. The monoisotopic (exact) mass is 312 g/mol. The standard InChI is InChI=1S/C18H16O3S/c1-20-16-6-4-3-5-14(16)17-15(11-21-18(17)19)12-7-9-13(22-2)10-8-12/h3-10H,11H2,1-2H3. The van der Waals surface area contributed by atoms with Gasteiger partial charge in [-0.3, -0.25) is 0 Å². The fourth-order valence-corrected chi connectivity index (χ4v) is 2.96. The zero-order valence-electron chi connectivity index (χ0n) is 12.5. The molecule has 2 aromatic carbocycles. The van der Waals surface area contributed by atoms with E-state index in [1.54, 1.807) is 18.9 Å². The van der Waals surface area contributed by atoms with Gasteiger partial charge in [0.1, 0.15) is 12.4 Å². The SMILES string of the molecule is COc1ccccc1C1=C(c2ccc(SC)cc2)COC1=O. The van der Waals surface area contributed by atoms with E-state index in [9.17, 15) is 4.79 Å². The van der Waals surface area contributed by atoms with Crippen LogP contribution >= 0.6 is 11.8 Å². The number of hydrogen-bond donors (Lipinski definition) is 0. The third-order valence-corrected chi connectivity index (χ3v) is 4.41. The topological polar surface area (TPSA) is 35.5 Å². The Bertz CT molecular complexity index is 732. The van der Waals surface area contributed by atoms with Crippen LogP contribution in [0, 0.1) is 0 Å². The van der Waals surface area contributed by atoms with Crippen molar-refractivity contribution in [3.63, 3.8) is 0 Å². The Labute approximate surface area is 133 Å². The number of thioether (sulfide) groups is 1. The zero-order chi connectivity index (χ0) is 15.5. The lowest BCUT2D eigenvalue weighted by atomic mass is 9.96. The molecule has 2 aromatic rings. The number of esters is 1. The summed E-state index contributed by atoms with van der Waals surface area (Å²) in [6.07, 6.45) is 2.04. The summed E-state index contributed by atoms with van der Waals surface area (Å²) in [5, 5.41) is 0.